The number of rotatable bonds is 5. The van der Waals surface area contributed by atoms with Gasteiger partial charge in [0, 0.05) is 17.8 Å². The molecule has 0 aromatic heterocycles. The first-order valence-electron chi connectivity index (χ1n) is 7.00. The van der Waals surface area contributed by atoms with E-state index in [2.05, 4.69) is 5.32 Å². The maximum absolute atomic E-state index is 9.52. The lowest BCUT2D eigenvalue weighted by molar-refractivity contribution is 0.242. The van der Waals surface area contributed by atoms with Gasteiger partial charge in [0.1, 0.15) is 17.2 Å². The molecule has 0 aliphatic rings. The maximum atomic E-state index is 9.52. The summed E-state index contributed by atoms with van der Waals surface area (Å²) >= 11 is 0. The van der Waals surface area contributed by atoms with Crippen molar-refractivity contribution in [3.63, 3.8) is 0 Å². The van der Waals surface area contributed by atoms with E-state index >= 15 is 0 Å². The number of ether oxygens (including phenoxy) is 1. The molecular formula is C17H21NO3. The Hall–Kier alpha value is -2.36. The summed E-state index contributed by atoms with van der Waals surface area (Å²) in [4.78, 5) is 0. The molecule has 1 atom stereocenters. The molecule has 0 fully saturated rings. The average molecular weight is 287 g/mol. The predicted octanol–water partition coefficient (Wildman–Crippen LogP) is 4.06. The van der Waals surface area contributed by atoms with E-state index in [1.54, 1.807) is 12.1 Å². The van der Waals surface area contributed by atoms with Gasteiger partial charge in [-0.2, -0.15) is 0 Å². The highest BCUT2D eigenvalue weighted by Crippen LogP contribution is 2.27. The third-order valence-corrected chi connectivity index (χ3v) is 3.03. The van der Waals surface area contributed by atoms with E-state index in [0.717, 1.165) is 17.0 Å². The van der Waals surface area contributed by atoms with Crippen molar-refractivity contribution >= 4 is 5.69 Å². The lowest BCUT2D eigenvalue weighted by Gasteiger charge is -2.17. The molecular weight excluding hydrogens is 266 g/mol. The summed E-state index contributed by atoms with van der Waals surface area (Å²) in [5.74, 6) is 0.942. The Morgan fingerprint density at radius 1 is 0.905 bits per heavy atom. The Balaban J connectivity index is 2.06. The van der Waals surface area contributed by atoms with Crippen molar-refractivity contribution in [3.05, 3.63) is 48.0 Å². The zero-order valence-electron chi connectivity index (χ0n) is 12.5. The predicted molar refractivity (Wildman–Crippen MR) is 84.0 cm³/mol. The molecule has 3 N–H and O–H groups in total. The van der Waals surface area contributed by atoms with E-state index < -0.39 is 0 Å². The highest BCUT2D eigenvalue weighted by molar-refractivity contribution is 5.49. The second-order valence-electron chi connectivity index (χ2n) is 5.34. The highest BCUT2D eigenvalue weighted by atomic mass is 16.5. The molecule has 0 aliphatic carbocycles. The van der Waals surface area contributed by atoms with E-state index in [1.165, 1.54) is 6.07 Å². The fourth-order valence-electron chi connectivity index (χ4n) is 2.10. The number of hydrogen-bond acceptors (Lipinski definition) is 4. The molecule has 0 amide bonds. The summed E-state index contributed by atoms with van der Waals surface area (Å²) in [7, 11) is 0. The number of hydrogen-bond donors (Lipinski definition) is 3. The Kier molecular flexibility index (Phi) is 4.58. The first-order chi connectivity index (χ1) is 9.94. The number of aromatic hydroxyl groups is 2. The van der Waals surface area contributed by atoms with E-state index in [-0.39, 0.29) is 23.6 Å². The lowest BCUT2D eigenvalue weighted by atomic mass is 10.1. The summed E-state index contributed by atoms with van der Waals surface area (Å²) in [5, 5.41) is 22.4. The standard InChI is InChI=1S/C17H21NO3/c1-11(2)21-17-6-4-14(5-7-17)18-12(3)13-8-15(19)10-16(20)9-13/h4-12,18-20H,1-3H3. The van der Waals surface area contributed by atoms with Gasteiger partial charge in [-0.05, 0) is 62.7 Å². The monoisotopic (exact) mass is 287 g/mol. The molecule has 4 nitrogen and oxygen atoms in total. The van der Waals surface area contributed by atoms with Gasteiger partial charge in [0.25, 0.3) is 0 Å². The molecule has 0 bridgehead atoms. The maximum Gasteiger partial charge on any atom is 0.119 e. The molecule has 4 heteroatoms. The van der Waals surface area contributed by atoms with Gasteiger partial charge in [-0.15, -0.1) is 0 Å². The van der Waals surface area contributed by atoms with Crippen molar-refractivity contribution in [3.8, 4) is 17.2 Å². The van der Waals surface area contributed by atoms with Crippen LogP contribution in [0.1, 0.15) is 32.4 Å². The lowest BCUT2D eigenvalue weighted by Crippen LogP contribution is -2.07. The van der Waals surface area contributed by atoms with Gasteiger partial charge >= 0.3 is 0 Å². The first kappa shape index (κ1) is 15.0. The summed E-state index contributed by atoms with van der Waals surface area (Å²) in [6, 6.07) is 12.2. The van der Waals surface area contributed by atoms with Crippen LogP contribution in [0.3, 0.4) is 0 Å². The summed E-state index contributed by atoms with van der Waals surface area (Å²) < 4.78 is 5.60. The second-order valence-corrected chi connectivity index (χ2v) is 5.34. The van der Waals surface area contributed by atoms with Crippen LogP contribution in [0.5, 0.6) is 17.2 Å². The van der Waals surface area contributed by atoms with Gasteiger partial charge in [0.2, 0.25) is 0 Å². The molecule has 0 spiro atoms. The van der Waals surface area contributed by atoms with Crippen molar-refractivity contribution in [1.29, 1.82) is 0 Å². The molecule has 2 aromatic rings. The van der Waals surface area contributed by atoms with Gasteiger partial charge in [-0.1, -0.05) is 0 Å². The van der Waals surface area contributed by atoms with Gasteiger partial charge in [0.15, 0.2) is 0 Å². The van der Waals surface area contributed by atoms with E-state index in [9.17, 15) is 10.2 Å². The molecule has 1 unspecified atom stereocenters. The van der Waals surface area contributed by atoms with E-state index in [1.807, 2.05) is 45.0 Å². The molecule has 0 saturated carbocycles. The zero-order chi connectivity index (χ0) is 15.4. The van der Waals surface area contributed by atoms with Crippen LogP contribution in [-0.4, -0.2) is 16.3 Å². The molecule has 2 rings (SSSR count). The number of nitrogens with one attached hydrogen (secondary N) is 1. The Morgan fingerprint density at radius 2 is 1.48 bits per heavy atom. The first-order valence-corrected chi connectivity index (χ1v) is 7.00. The van der Waals surface area contributed by atoms with Gasteiger partial charge in [-0.3, -0.25) is 0 Å². The topological polar surface area (TPSA) is 61.7 Å². The van der Waals surface area contributed by atoms with Crippen molar-refractivity contribution in [2.24, 2.45) is 0 Å². The molecule has 0 aliphatic heterocycles. The number of phenolic OH excluding ortho intramolecular Hbond substituents is 2. The van der Waals surface area contributed by atoms with Crippen LogP contribution in [0.2, 0.25) is 0 Å². The minimum atomic E-state index is -0.0418. The summed E-state index contributed by atoms with van der Waals surface area (Å²) in [6.07, 6.45) is 0.151. The zero-order valence-corrected chi connectivity index (χ0v) is 12.5. The SMILES string of the molecule is CC(C)Oc1ccc(NC(C)c2cc(O)cc(O)c2)cc1. The second kappa shape index (κ2) is 6.39. The van der Waals surface area contributed by atoms with E-state index in [0.29, 0.717) is 0 Å². The number of phenols is 2. The minimum absolute atomic E-state index is 0.0418. The molecule has 0 radical (unpaired) electrons. The normalized spacial score (nSPS) is 12.2. The molecule has 112 valence electrons. The van der Waals surface area contributed by atoms with Crippen LogP contribution in [0.25, 0.3) is 0 Å². The van der Waals surface area contributed by atoms with E-state index in [4.69, 9.17) is 4.74 Å². The van der Waals surface area contributed by atoms with Gasteiger partial charge in [-0.25, -0.2) is 0 Å². The van der Waals surface area contributed by atoms with Gasteiger partial charge in [0.05, 0.1) is 6.10 Å². The van der Waals surface area contributed by atoms with Crippen LogP contribution >= 0.6 is 0 Å². The van der Waals surface area contributed by atoms with Crippen LogP contribution in [0.4, 0.5) is 5.69 Å². The Bertz CT molecular complexity index is 573. The quantitative estimate of drug-likeness (QED) is 0.776. The third-order valence-electron chi connectivity index (χ3n) is 3.03. The number of anilines is 1. The van der Waals surface area contributed by atoms with Gasteiger partial charge < -0.3 is 20.3 Å². The minimum Gasteiger partial charge on any atom is -0.508 e. The molecule has 0 heterocycles. The third kappa shape index (κ3) is 4.31. The largest absolute Gasteiger partial charge is 0.508 e. The highest BCUT2D eigenvalue weighted by Gasteiger charge is 2.08. The Labute approximate surface area is 125 Å². The van der Waals surface area contributed by atoms with Crippen LogP contribution in [0.15, 0.2) is 42.5 Å². The van der Waals surface area contributed by atoms with Crippen LogP contribution in [-0.2, 0) is 0 Å². The average Bonchev–Trinajstić information content (AvgIpc) is 2.39. The van der Waals surface area contributed by atoms with Crippen LogP contribution in [0, 0.1) is 0 Å². The smallest absolute Gasteiger partial charge is 0.119 e. The fourth-order valence-corrected chi connectivity index (χ4v) is 2.10. The summed E-state index contributed by atoms with van der Waals surface area (Å²) in [5.41, 5.74) is 1.76. The van der Waals surface area contributed by atoms with Crippen molar-refractivity contribution in [2.45, 2.75) is 32.9 Å². The molecule has 0 saturated heterocycles. The Morgan fingerprint density at radius 3 is 2.00 bits per heavy atom. The van der Waals surface area contributed by atoms with Crippen LogP contribution < -0.4 is 10.1 Å². The fraction of sp³-hybridized carbons (Fsp3) is 0.294. The molecule has 2 aromatic carbocycles. The van der Waals surface area contributed by atoms with Crippen molar-refractivity contribution in [2.75, 3.05) is 5.32 Å². The molecule has 21 heavy (non-hydrogen) atoms. The van der Waals surface area contributed by atoms with Crippen molar-refractivity contribution in [1.82, 2.24) is 0 Å². The number of benzene rings is 2. The van der Waals surface area contributed by atoms with Crippen molar-refractivity contribution < 1.29 is 14.9 Å². The summed E-state index contributed by atoms with van der Waals surface area (Å²) in [6.45, 7) is 5.94.